The van der Waals surface area contributed by atoms with Gasteiger partial charge in [0, 0.05) is 30.7 Å². The summed E-state index contributed by atoms with van der Waals surface area (Å²) in [5.74, 6) is -0.728. The molecule has 0 saturated heterocycles. The molecule has 1 aliphatic rings. The highest BCUT2D eigenvalue weighted by atomic mass is 16.2. The molecule has 1 aliphatic carbocycles. The fourth-order valence-electron chi connectivity index (χ4n) is 3.97. The Bertz CT molecular complexity index is 1070. The van der Waals surface area contributed by atoms with Crippen LogP contribution in [0.25, 0.3) is 0 Å². The number of benzene rings is 1. The van der Waals surface area contributed by atoms with Gasteiger partial charge in [-0.15, -0.1) is 0 Å². The quantitative estimate of drug-likeness (QED) is 0.729. The second-order valence-corrected chi connectivity index (χ2v) is 7.31. The third-order valence-electron chi connectivity index (χ3n) is 5.36. The molecule has 0 bridgehead atoms. The summed E-state index contributed by atoms with van der Waals surface area (Å²) in [5.41, 5.74) is 10.4. The van der Waals surface area contributed by atoms with Gasteiger partial charge in [0.15, 0.2) is 0 Å². The first-order chi connectivity index (χ1) is 14.0. The molecule has 0 spiro atoms. The molecule has 0 aliphatic heterocycles. The van der Waals surface area contributed by atoms with Gasteiger partial charge < -0.3 is 10.6 Å². The van der Waals surface area contributed by atoms with Crippen molar-refractivity contribution in [1.29, 1.82) is 0 Å². The lowest BCUT2D eigenvalue weighted by Gasteiger charge is -2.30. The molecule has 0 saturated carbocycles. The minimum atomic E-state index is -0.600. The van der Waals surface area contributed by atoms with E-state index in [1.165, 1.54) is 11.8 Å². The van der Waals surface area contributed by atoms with Gasteiger partial charge in [0.2, 0.25) is 0 Å². The number of carbonyl (C=O) groups excluding carboxylic acids is 2. The normalized spacial score (nSPS) is 15.0. The topological polar surface area (TPSA) is 89.2 Å². The average molecular weight is 386 g/mol. The zero-order valence-corrected chi connectivity index (χ0v) is 16.2. The van der Waals surface area contributed by atoms with Crippen LogP contribution in [0.15, 0.2) is 61.1 Å². The molecule has 2 heterocycles. The summed E-state index contributed by atoms with van der Waals surface area (Å²) in [6, 6.07) is 13.3. The van der Waals surface area contributed by atoms with Gasteiger partial charge in [-0.2, -0.15) is 0 Å². The lowest BCUT2D eigenvalue weighted by molar-refractivity contribution is 0.0655. The molecule has 29 heavy (non-hydrogen) atoms. The van der Waals surface area contributed by atoms with Crippen LogP contribution in [0.5, 0.6) is 0 Å². The highest BCUT2D eigenvalue weighted by molar-refractivity contribution is 5.95. The second-order valence-electron chi connectivity index (χ2n) is 7.31. The number of primary amides is 1. The first kappa shape index (κ1) is 18.8. The van der Waals surface area contributed by atoms with Crippen LogP contribution in [0, 0.1) is 6.92 Å². The molecular formula is C23H22N4O2. The number of pyridine rings is 2. The van der Waals surface area contributed by atoms with E-state index in [0.717, 1.165) is 24.0 Å². The van der Waals surface area contributed by atoms with Gasteiger partial charge in [0.05, 0.1) is 11.6 Å². The molecular weight excluding hydrogens is 364 g/mol. The van der Waals surface area contributed by atoms with Crippen LogP contribution in [0.1, 0.15) is 55.6 Å². The molecule has 0 fully saturated rings. The summed E-state index contributed by atoms with van der Waals surface area (Å²) < 4.78 is 0. The standard InChI is InChI=1S/C23H22N4O2/c1-15-6-7-16-8-9-20(19(16)12-15)27(23(29)17-4-2-10-25-13-17)14-18-5-3-11-26-21(18)22(24)28/h2-7,10-13,20H,8-9,14H2,1H3,(H2,24,28)/t20-/m1/s1. The summed E-state index contributed by atoms with van der Waals surface area (Å²) in [6.45, 7) is 2.30. The van der Waals surface area contributed by atoms with Gasteiger partial charge >= 0.3 is 0 Å². The number of aromatic nitrogens is 2. The summed E-state index contributed by atoms with van der Waals surface area (Å²) >= 11 is 0. The minimum absolute atomic E-state index is 0.0847. The molecule has 146 valence electrons. The SMILES string of the molecule is Cc1ccc2c(c1)[C@H](N(Cc1cccnc1C(N)=O)C(=O)c1cccnc1)CC2. The Labute approximate surface area is 169 Å². The molecule has 2 aromatic heterocycles. The minimum Gasteiger partial charge on any atom is -0.364 e. The average Bonchev–Trinajstić information content (AvgIpc) is 3.15. The summed E-state index contributed by atoms with van der Waals surface area (Å²) in [4.78, 5) is 35.3. The summed E-state index contributed by atoms with van der Waals surface area (Å²) in [6.07, 6.45) is 6.48. The largest absolute Gasteiger partial charge is 0.364 e. The van der Waals surface area contributed by atoms with Gasteiger partial charge in [0.25, 0.3) is 11.8 Å². The molecule has 4 rings (SSSR count). The van der Waals surface area contributed by atoms with E-state index >= 15 is 0 Å². The molecule has 2 amide bonds. The maximum absolute atomic E-state index is 13.5. The predicted octanol–water partition coefficient (Wildman–Crippen LogP) is 3.21. The van der Waals surface area contributed by atoms with Crippen LogP contribution < -0.4 is 5.73 Å². The van der Waals surface area contributed by atoms with Crippen molar-refractivity contribution in [2.45, 2.75) is 32.4 Å². The third-order valence-corrected chi connectivity index (χ3v) is 5.36. The third kappa shape index (κ3) is 3.74. The Morgan fingerprint density at radius 2 is 2.00 bits per heavy atom. The number of fused-ring (bicyclic) bond motifs is 1. The molecule has 0 unspecified atom stereocenters. The van der Waals surface area contributed by atoms with E-state index in [4.69, 9.17) is 5.73 Å². The van der Waals surface area contributed by atoms with Crippen LogP contribution in [0.3, 0.4) is 0 Å². The van der Waals surface area contributed by atoms with E-state index < -0.39 is 5.91 Å². The Balaban J connectivity index is 1.77. The smallest absolute Gasteiger partial charge is 0.267 e. The van der Waals surface area contributed by atoms with Gasteiger partial charge in [-0.05, 0) is 49.1 Å². The monoisotopic (exact) mass is 386 g/mol. The zero-order valence-electron chi connectivity index (χ0n) is 16.2. The highest BCUT2D eigenvalue weighted by Gasteiger charge is 2.32. The van der Waals surface area contributed by atoms with Crippen LogP contribution in [-0.2, 0) is 13.0 Å². The lowest BCUT2D eigenvalue weighted by atomic mass is 10.0. The highest BCUT2D eigenvalue weighted by Crippen LogP contribution is 2.38. The maximum Gasteiger partial charge on any atom is 0.267 e. The number of aryl methyl sites for hydroxylation is 2. The van der Waals surface area contributed by atoms with Crippen molar-refractivity contribution in [1.82, 2.24) is 14.9 Å². The van der Waals surface area contributed by atoms with Crippen LogP contribution in [-0.4, -0.2) is 26.7 Å². The molecule has 3 aromatic rings. The van der Waals surface area contributed by atoms with E-state index in [2.05, 4.69) is 35.1 Å². The molecule has 6 nitrogen and oxygen atoms in total. The molecule has 1 atom stereocenters. The van der Waals surface area contributed by atoms with Gasteiger partial charge in [0.1, 0.15) is 5.69 Å². The number of hydrogen-bond donors (Lipinski definition) is 1. The first-order valence-electron chi connectivity index (χ1n) is 9.58. The number of carbonyl (C=O) groups is 2. The van der Waals surface area contributed by atoms with E-state index in [-0.39, 0.29) is 24.2 Å². The number of hydrogen-bond acceptors (Lipinski definition) is 4. The van der Waals surface area contributed by atoms with Crippen molar-refractivity contribution in [2.24, 2.45) is 5.73 Å². The zero-order chi connectivity index (χ0) is 20.4. The van der Waals surface area contributed by atoms with Crippen molar-refractivity contribution in [3.8, 4) is 0 Å². The van der Waals surface area contributed by atoms with E-state index in [1.807, 2.05) is 4.90 Å². The first-order valence-corrected chi connectivity index (χ1v) is 9.58. The number of rotatable bonds is 5. The Hall–Kier alpha value is -3.54. The summed E-state index contributed by atoms with van der Waals surface area (Å²) in [5, 5.41) is 0. The van der Waals surface area contributed by atoms with Crippen molar-refractivity contribution in [3.63, 3.8) is 0 Å². The fraction of sp³-hybridized carbons (Fsp3) is 0.217. The number of nitrogens with two attached hydrogens (primary N) is 1. The molecule has 0 radical (unpaired) electrons. The van der Waals surface area contributed by atoms with Gasteiger partial charge in [-0.3, -0.25) is 19.6 Å². The van der Waals surface area contributed by atoms with E-state index in [0.29, 0.717) is 11.1 Å². The van der Waals surface area contributed by atoms with Crippen LogP contribution in [0.2, 0.25) is 0 Å². The Morgan fingerprint density at radius 1 is 1.17 bits per heavy atom. The number of nitrogens with zero attached hydrogens (tertiary/aromatic N) is 3. The van der Waals surface area contributed by atoms with E-state index in [9.17, 15) is 9.59 Å². The Kier molecular flexibility index (Phi) is 5.08. The van der Waals surface area contributed by atoms with E-state index in [1.54, 1.807) is 36.7 Å². The fourth-order valence-corrected chi connectivity index (χ4v) is 3.97. The van der Waals surface area contributed by atoms with Crippen LogP contribution >= 0.6 is 0 Å². The lowest BCUT2D eigenvalue weighted by Crippen LogP contribution is -2.34. The number of amides is 2. The molecule has 6 heteroatoms. The predicted molar refractivity (Wildman–Crippen MR) is 109 cm³/mol. The molecule has 1 aromatic carbocycles. The van der Waals surface area contributed by atoms with Crippen molar-refractivity contribution < 1.29 is 9.59 Å². The molecule has 2 N–H and O–H groups in total. The maximum atomic E-state index is 13.5. The van der Waals surface area contributed by atoms with Crippen molar-refractivity contribution in [2.75, 3.05) is 0 Å². The second kappa shape index (κ2) is 7.83. The van der Waals surface area contributed by atoms with Gasteiger partial charge in [-0.1, -0.05) is 29.8 Å². The van der Waals surface area contributed by atoms with Crippen molar-refractivity contribution >= 4 is 11.8 Å². The van der Waals surface area contributed by atoms with Crippen LogP contribution in [0.4, 0.5) is 0 Å². The summed E-state index contributed by atoms with van der Waals surface area (Å²) in [7, 11) is 0. The van der Waals surface area contributed by atoms with Gasteiger partial charge in [-0.25, -0.2) is 0 Å². The van der Waals surface area contributed by atoms with Crippen molar-refractivity contribution in [3.05, 3.63) is 94.6 Å². The Morgan fingerprint density at radius 3 is 2.76 bits per heavy atom.